The molecule has 3 saturated carbocycles. The Kier molecular flexibility index (Phi) is 3.90. The number of carboxylic acid groups (broad SMARTS) is 1. The predicted molar refractivity (Wildman–Crippen MR) is 82.7 cm³/mol. The number of aliphatic carboxylic acids is 1. The fourth-order valence-electron chi connectivity index (χ4n) is 5.79. The van der Waals surface area contributed by atoms with E-state index in [4.69, 9.17) is 5.11 Å². The Morgan fingerprint density at radius 1 is 1.17 bits per heavy atom. The van der Waals surface area contributed by atoms with Crippen LogP contribution in [0, 0.1) is 28.6 Å². The van der Waals surface area contributed by atoms with Crippen LogP contribution in [0.25, 0.3) is 0 Å². The van der Waals surface area contributed by atoms with Gasteiger partial charge in [-0.15, -0.1) is 0 Å². The molecule has 23 heavy (non-hydrogen) atoms. The Balaban J connectivity index is 1.93. The predicted octanol–water partition coefficient (Wildman–Crippen LogP) is 2.20. The normalized spacial score (nSPS) is 46.4. The molecule has 0 radical (unpaired) electrons. The summed E-state index contributed by atoms with van der Waals surface area (Å²) in [6.07, 6.45) is 3.41. The molecule has 3 aliphatic rings. The molecule has 0 aromatic heterocycles. The second kappa shape index (κ2) is 5.40. The van der Waals surface area contributed by atoms with Crippen LogP contribution in [0.4, 0.5) is 0 Å². The minimum Gasteiger partial charge on any atom is -0.481 e. The van der Waals surface area contributed by atoms with E-state index < -0.39 is 11.4 Å². The molecule has 3 aliphatic carbocycles. The van der Waals surface area contributed by atoms with Gasteiger partial charge < -0.3 is 10.2 Å². The third-order valence-corrected chi connectivity index (χ3v) is 7.26. The highest BCUT2D eigenvalue weighted by Gasteiger charge is 2.61. The maximum atomic E-state index is 12.6. The van der Waals surface area contributed by atoms with E-state index in [-0.39, 0.29) is 60.1 Å². The van der Waals surface area contributed by atoms with Gasteiger partial charge in [0.05, 0.1) is 6.10 Å². The molecular weight excluding hydrogens is 296 g/mol. The summed E-state index contributed by atoms with van der Waals surface area (Å²) in [5.74, 6) is -1.21. The van der Waals surface area contributed by atoms with E-state index in [0.717, 1.165) is 25.7 Å². The van der Waals surface area contributed by atoms with Crippen molar-refractivity contribution in [1.29, 1.82) is 0 Å². The quantitative estimate of drug-likeness (QED) is 0.777. The zero-order chi connectivity index (χ0) is 17.0. The number of aliphatic hydroxyl groups is 1. The summed E-state index contributed by atoms with van der Waals surface area (Å²) in [5, 5.41) is 19.4. The minimum absolute atomic E-state index is 0.0652. The van der Waals surface area contributed by atoms with Crippen LogP contribution in [0.5, 0.6) is 0 Å². The lowest BCUT2D eigenvalue weighted by atomic mass is 9.49. The highest BCUT2D eigenvalue weighted by atomic mass is 16.4. The van der Waals surface area contributed by atoms with Crippen molar-refractivity contribution >= 4 is 17.5 Å². The molecule has 2 N–H and O–H groups in total. The summed E-state index contributed by atoms with van der Waals surface area (Å²) in [7, 11) is 0. The van der Waals surface area contributed by atoms with E-state index in [1.54, 1.807) is 6.92 Å². The Bertz CT molecular complexity index is 556. The number of hydrogen-bond donors (Lipinski definition) is 2. The number of carboxylic acids is 1. The van der Waals surface area contributed by atoms with Crippen LogP contribution in [0.15, 0.2) is 0 Å². The number of carbonyl (C=O) groups excluding carboxylic acids is 2. The average Bonchev–Trinajstić information content (AvgIpc) is 2.79. The molecule has 0 aromatic rings. The summed E-state index contributed by atoms with van der Waals surface area (Å²) in [6.45, 7) is 3.90. The third-order valence-electron chi connectivity index (χ3n) is 7.26. The van der Waals surface area contributed by atoms with Crippen LogP contribution in [0.3, 0.4) is 0 Å². The van der Waals surface area contributed by atoms with Crippen LogP contribution in [0.2, 0.25) is 0 Å². The molecule has 0 bridgehead atoms. The van der Waals surface area contributed by atoms with Crippen LogP contribution in [-0.2, 0) is 14.4 Å². The minimum atomic E-state index is -0.925. The van der Waals surface area contributed by atoms with Gasteiger partial charge in [-0.25, -0.2) is 0 Å². The van der Waals surface area contributed by atoms with Gasteiger partial charge in [0.1, 0.15) is 0 Å². The molecule has 3 fully saturated rings. The van der Waals surface area contributed by atoms with Gasteiger partial charge in [-0.05, 0) is 55.3 Å². The summed E-state index contributed by atoms with van der Waals surface area (Å²) >= 11 is 0. The first-order valence-corrected chi connectivity index (χ1v) is 8.67. The largest absolute Gasteiger partial charge is 0.481 e. The lowest BCUT2D eigenvalue weighted by Gasteiger charge is -2.54. The second-order valence-corrected chi connectivity index (χ2v) is 8.28. The molecule has 0 spiro atoms. The van der Waals surface area contributed by atoms with E-state index in [1.165, 1.54) is 0 Å². The molecular formula is C18H26O5. The fraction of sp³-hybridized carbons (Fsp3) is 0.833. The Morgan fingerprint density at radius 2 is 1.87 bits per heavy atom. The number of aliphatic hydroxyl groups excluding tert-OH is 1. The third kappa shape index (κ3) is 2.35. The van der Waals surface area contributed by atoms with Crippen molar-refractivity contribution in [2.24, 2.45) is 28.6 Å². The lowest BCUT2D eigenvalue weighted by molar-refractivity contribution is -0.159. The molecule has 0 aromatic carbocycles. The number of rotatable bonds is 3. The van der Waals surface area contributed by atoms with Gasteiger partial charge in [0.15, 0.2) is 5.78 Å². The zero-order valence-electron chi connectivity index (χ0n) is 13.9. The lowest BCUT2D eigenvalue weighted by Crippen LogP contribution is -2.55. The van der Waals surface area contributed by atoms with Gasteiger partial charge in [0, 0.05) is 18.3 Å². The van der Waals surface area contributed by atoms with E-state index in [0.29, 0.717) is 0 Å². The Hall–Kier alpha value is -1.23. The molecule has 0 amide bonds. The topological polar surface area (TPSA) is 91.7 Å². The fourth-order valence-corrected chi connectivity index (χ4v) is 5.79. The molecule has 5 nitrogen and oxygen atoms in total. The van der Waals surface area contributed by atoms with E-state index in [2.05, 4.69) is 6.92 Å². The molecule has 3 rings (SSSR count). The molecule has 128 valence electrons. The first-order valence-electron chi connectivity index (χ1n) is 8.67. The SMILES string of the molecule is C[C@]12CC[C@@H]3[C@H](CC(=O)C(=O)[C@@]3(C)CCC(=O)O)[C@@H]1CC[C@@H]2O. The maximum Gasteiger partial charge on any atom is 0.303 e. The summed E-state index contributed by atoms with van der Waals surface area (Å²) < 4.78 is 0. The van der Waals surface area contributed by atoms with Crippen LogP contribution < -0.4 is 0 Å². The molecule has 0 saturated heterocycles. The average molecular weight is 322 g/mol. The van der Waals surface area contributed by atoms with Crippen molar-refractivity contribution in [2.45, 2.75) is 64.9 Å². The molecule has 0 heterocycles. The first kappa shape index (κ1) is 16.6. The van der Waals surface area contributed by atoms with Gasteiger partial charge >= 0.3 is 5.97 Å². The van der Waals surface area contributed by atoms with Gasteiger partial charge in [-0.1, -0.05) is 13.8 Å². The Labute approximate surface area is 136 Å². The molecule has 5 heteroatoms. The number of hydrogen-bond acceptors (Lipinski definition) is 4. The monoisotopic (exact) mass is 322 g/mol. The summed E-state index contributed by atoms with van der Waals surface area (Å²) in [6, 6.07) is 0. The van der Waals surface area contributed by atoms with Crippen LogP contribution >= 0.6 is 0 Å². The second-order valence-electron chi connectivity index (χ2n) is 8.28. The number of Topliss-reactive ketones (excluding diaryl/α,β-unsaturated/α-hetero) is 2. The maximum absolute atomic E-state index is 12.6. The van der Waals surface area contributed by atoms with Crippen LogP contribution in [0.1, 0.15) is 58.8 Å². The highest BCUT2D eigenvalue weighted by Crippen LogP contribution is 2.62. The van der Waals surface area contributed by atoms with Gasteiger partial charge in [0.25, 0.3) is 0 Å². The van der Waals surface area contributed by atoms with E-state index in [1.807, 2.05) is 0 Å². The molecule has 0 unspecified atom stereocenters. The van der Waals surface area contributed by atoms with Crippen molar-refractivity contribution in [3.8, 4) is 0 Å². The number of fused-ring (bicyclic) bond motifs is 3. The van der Waals surface area contributed by atoms with E-state index >= 15 is 0 Å². The van der Waals surface area contributed by atoms with Crippen LogP contribution in [-0.4, -0.2) is 33.9 Å². The van der Waals surface area contributed by atoms with Gasteiger partial charge in [-0.2, -0.15) is 0 Å². The summed E-state index contributed by atoms with van der Waals surface area (Å²) in [4.78, 5) is 35.9. The number of ketones is 2. The number of carbonyl (C=O) groups is 3. The van der Waals surface area contributed by atoms with Crippen molar-refractivity contribution in [1.82, 2.24) is 0 Å². The van der Waals surface area contributed by atoms with Crippen molar-refractivity contribution in [3.05, 3.63) is 0 Å². The molecule has 0 aliphatic heterocycles. The van der Waals surface area contributed by atoms with Crippen molar-refractivity contribution in [3.63, 3.8) is 0 Å². The first-order chi connectivity index (χ1) is 10.7. The summed E-state index contributed by atoms with van der Waals surface area (Å²) in [5.41, 5.74) is -1.01. The van der Waals surface area contributed by atoms with Crippen molar-refractivity contribution in [2.75, 3.05) is 0 Å². The highest BCUT2D eigenvalue weighted by molar-refractivity contribution is 6.39. The smallest absolute Gasteiger partial charge is 0.303 e. The Morgan fingerprint density at radius 3 is 2.52 bits per heavy atom. The zero-order valence-corrected chi connectivity index (χ0v) is 13.9. The standard InChI is InChI=1S/C18H26O5/c1-17-7-5-12-10(11(17)3-4-14(17)20)9-13(19)16(23)18(12,2)8-6-15(21)22/h10-12,14,20H,3-9H2,1-2H3,(H,21,22)/t10-,11+,12-,14+,17+,18+/m1/s1. The van der Waals surface area contributed by atoms with Gasteiger partial charge in [0.2, 0.25) is 5.78 Å². The van der Waals surface area contributed by atoms with Crippen molar-refractivity contribution < 1.29 is 24.6 Å². The van der Waals surface area contributed by atoms with Gasteiger partial charge in [-0.3, -0.25) is 14.4 Å². The molecule has 6 atom stereocenters. The van der Waals surface area contributed by atoms with E-state index in [9.17, 15) is 19.5 Å².